The molecule has 1 aromatic carbocycles. The van der Waals surface area contributed by atoms with Gasteiger partial charge in [-0.2, -0.15) is 9.38 Å². The first-order valence-electron chi connectivity index (χ1n) is 8.11. The maximum Gasteiger partial charge on any atom is 0.365 e. The highest BCUT2D eigenvalue weighted by Crippen LogP contribution is 2.24. The van der Waals surface area contributed by atoms with Crippen molar-refractivity contribution in [3.8, 4) is 5.75 Å². The Morgan fingerprint density at radius 1 is 1.21 bits per heavy atom. The Balaban J connectivity index is 1.46. The molecule has 1 saturated heterocycles. The van der Waals surface area contributed by atoms with E-state index in [4.69, 9.17) is 4.74 Å². The SMILES string of the molecule is Cc1cn2c[n+]([O-])nc2nc1N1CCC(Oc2ccccc2)CC1. The number of fused-ring (bicyclic) bond motifs is 1. The molecule has 1 aliphatic rings. The molecule has 0 bridgehead atoms. The van der Waals surface area contributed by atoms with Crippen LogP contribution in [0, 0.1) is 12.1 Å². The van der Waals surface area contributed by atoms with E-state index in [1.807, 2.05) is 43.5 Å². The van der Waals surface area contributed by atoms with Gasteiger partial charge in [0, 0.05) is 31.5 Å². The Morgan fingerprint density at radius 2 is 1.96 bits per heavy atom. The third-order valence-corrected chi connectivity index (χ3v) is 4.32. The van der Waals surface area contributed by atoms with Crippen LogP contribution in [0.4, 0.5) is 5.82 Å². The van der Waals surface area contributed by atoms with Crippen molar-refractivity contribution in [2.45, 2.75) is 25.9 Å². The fourth-order valence-corrected chi connectivity index (χ4v) is 3.14. The van der Waals surface area contributed by atoms with E-state index >= 15 is 0 Å². The first kappa shape index (κ1) is 14.7. The second kappa shape index (κ2) is 5.99. The molecule has 4 rings (SSSR count). The van der Waals surface area contributed by atoms with Crippen LogP contribution in [0.25, 0.3) is 5.78 Å². The van der Waals surface area contributed by atoms with Crippen LogP contribution in [0.15, 0.2) is 42.9 Å². The number of aryl methyl sites for hydroxylation is 1. The second-order valence-electron chi connectivity index (χ2n) is 6.09. The Morgan fingerprint density at radius 3 is 2.71 bits per heavy atom. The lowest BCUT2D eigenvalue weighted by Crippen LogP contribution is -2.39. The topological polar surface area (TPSA) is 69.6 Å². The monoisotopic (exact) mass is 325 g/mol. The summed E-state index contributed by atoms with van der Waals surface area (Å²) in [4.78, 5) is 7.32. The van der Waals surface area contributed by atoms with Crippen molar-refractivity contribution < 1.29 is 9.58 Å². The van der Waals surface area contributed by atoms with Crippen LogP contribution in [0.3, 0.4) is 0 Å². The van der Waals surface area contributed by atoms with Gasteiger partial charge in [0.1, 0.15) is 23.9 Å². The molecule has 3 aromatic rings. The van der Waals surface area contributed by atoms with Crippen molar-refractivity contribution in [3.63, 3.8) is 0 Å². The number of ether oxygens (including phenoxy) is 1. The Bertz CT molecular complexity index is 841. The van der Waals surface area contributed by atoms with Gasteiger partial charge in [0.25, 0.3) is 6.33 Å². The summed E-state index contributed by atoms with van der Waals surface area (Å²) in [6, 6.07) is 9.94. The first-order chi connectivity index (χ1) is 11.7. The Hall–Kier alpha value is -2.83. The number of aromatic nitrogens is 4. The number of anilines is 1. The molecule has 0 aliphatic carbocycles. The highest BCUT2D eigenvalue weighted by Gasteiger charge is 2.24. The van der Waals surface area contributed by atoms with Crippen LogP contribution in [-0.4, -0.2) is 33.7 Å². The van der Waals surface area contributed by atoms with Gasteiger partial charge in [-0.1, -0.05) is 18.2 Å². The lowest BCUT2D eigenvalue weighted by molar-refractivity contribution is -0.665. The average molecular weight is 325 g/mol. The molecule has 0 radical (unpaired) electrons. The molecule has 1 fully saturated rings. The van der Waals surface area contributed by atoms with E-state index in [1.165, 1.54) is 6.33 Å². The molecule has 0 saturated carbocycles. The van der Waals surface area contributed by atoms with Crippen molar-refractivity contribution in [1.82, 2.24) is 14.5 Å². The number of benzene rings is 1. The number of piperidine rings is 1. The molecule has 3 heterocycles. The zero-order valence-corrected chi connectivity index (χ0v) is 13.5. The summed E-state index contributed by atoms with van der Waals surface area (Å²) in [6.45, 7) is 3.75. The number of hydrogen-bond donors (Lipinski definition) is 0. The molecule has 0 N–H and O–H groups in total. The lowest BCUT2D eigenvalue weighted by atomic mass is 10.1. The Kier molecular flexibility index (Phi) is 3.68. The molecule has 2 aromatic heterocycles. The van der Waals surface area contributed by atoms with Crippen LogP contribution in [0.1, 0.15) is 18.4 Å². The van der Waals surface area contributed by atoms with E-state index in [0.29, 0.717) is 10.6 Å². The number of nitrogens with zero attached hydrogens (tertiary/aromatic N) is 5. The summed E-state index contributed by atoms with van der Waals surface area (Å²) >= 11 is 0. The van der Waals surface area contributed by atoms with E-state index in [-0.39, 0.29) is 6.10 Å². The molecule has 0 spiro atoms. The maximum atomic E-state index is 11.3. The zero-order chi connectivity index (χ0) is 16.5. The van der Waals surface area contributed by atoms with Crippen LogP contribution in [0.2, 0.25) is 0 Å². The van der Waals surface area contributed by atoms with E-state index in [2.05, 4.69) is 15.0 Å². The average Bonchev–Trinajstić information content (AvgIpc) is 2.95. The van der Waals surface area contributed by atoms with Gasteiger partial charge in [-0.15, -0.1) is 4.85 Å². The van der Waals surface area contributed by atoms with Gasteiger partial charge in [0.2, 0.25) is 0 Å². The van der Waals surface area contributed by atoms with Crippen molar-refractivity contribution in [3.05, 3.63) is 53.6 Å². The van der Waals surface area contributed by atoms with Crippen molar-refractivity contribution >= 4 is 11.6 Å². The zero-order valence-electron chi connectivity index (χ0n) is 13.5. The van der Waals surface area contributed by atoms with Gasteiger partial charge in [0.05, 0.1) is 0 Å². The summed E-state index contributed by atoms with van der Waals surface area (Å²) in [6.07, 6.45) is 5.38. The highest BCUT2D eigenvalue weighted by atomic mass is 16.5. The predicted octanol–water partition coefficient (Wildman–Crippen LogP) is 1.72. The quantitative estimate of drug-likeness (QED) is 0.542. The molecule has 7 heteroatoms. The standard InChI is InChI=1S/C17H19N5O2/c1-13-11-21-12-22(23)19-17(21)18-16(13)20-9-7-15(8-10-20)24-14-5-3-2-4-6-14/h2-6,11-12,15H,7-10H2,1H3. The summed E-state index contributed by atoms with van der Waals surface area (Å²) in [5.41, 5.74) is 1.03. The fourth-order valence-electron chi connectivity index (χ4n) is 3.14. The summed E-state index contributed by atoms with van der Waals surface area (Å²) in [5.74, 6) is 2.24. The molecule has 24 heavy (non-hydrogen) atoms. The number of para-hydroxylation sites is 1. The van der Waals surface area contributed by atoms with E-state index in [0.717, 1.165) is 43.1 Å². The van der Waals surface area contributed by atoms with Crippen molar-refractivity contribution in [1.29, 1.82) is 0 Å². The fraction of sp³-hybridized carbons (Fsp3) is 0.353. The predicted molar refractivity (Wildman–Crippen MR) is 89.0 cm³/mol. The lowest BCUT2D eigenvalue weighted by Gasteiger charge is -2.33. The third kappa shape index (κ3) is 2.84. The molecule has 0 amide bonds. The van der Waals surface area contributed by atoms with E-state index < -0.39 is 0 Å². The maximum absolute atomic E-state index is 11.3. The minimum atomic E-state index is 0.225. The Labute approximate surface area is 139 Å². The molecule has 0 unspecified atom stereocenters. The largest absolute Gasteiger partial charge is 0.691 e. The number of hydrogen-bond acceptors (Lipinski definition) is 5. The number of rotatable bonds is 3. The van der Waals surface area contributed by atoms with Crippen molar-refractivity contribution in [2.24, 2.45) is 0 Å². The minimum Gasteiger partial charge on any atom is -0.691 e. The van der Waals surface area contributed by atoms with Gasteiger partial charge in [-0.3, -0.25) is 0 Å². The van der Waals surface area contributed by atoms with Gasteiger partial charge in [0.15, 0.2) is 0 Å². The third-order valence-electron chi connectivity index (χ3n) is 4.32. The van der Waals surface area contributed by atoms with Gasteiger partial charge in [-0.25, -0.2) is 0 Å². The van der Waals surface area contributed by atoms with Gasteiger partial charge >= 0.3 is 5.78 Å². The van der Waals surface area contributed by atoms with E-state index in [1.54, 1.807) is 4.40 Å². The smallest absolute Gasteiger partial charge is 0.365 e. The van der Waals surface area contributed by atoms with Gasteiger partial charge in [-0.05, 0) is 24.2 Å². The summed E-state index contributed by atoms with van der Waals surface area (Å²) < 4.78 is 7.69. The van der Waals surface area contributed by atoms with Gasteiger partial charge < -0.3 is 14.8 Å². The summed E-state index contributed by atoms with van der Waals surface area (Å²) in [7, 11) is 0. The first-order valence-corrected chi connectivity index (χ1v) is 8.11. The molecule has 124 valence electrons. The second-order valence-corrected chi connectivity index (χ2v) is 6.09. The minimum absolute atomic E-state index is 0.225. The van der Waals surface area contributed by atoms with Crippen LogP contribution >= 0.6 is 0 Å². The van der Waals surface area contributed by atoms with Crippen LogP contribution in [0.5, 0.6) is 5.75 Å². The molecule has 7 nitrogen and oxygen atoms in total. The molecule has 0 atom stereocenters. The molecule has 1 aliphatic heterocycles. The molecular weight excluding hydrogens is 306 g/mol. The summed E-state index contributed by atoms with van der Waals surface area (Å²) in [5, 5.41) is 15.2. The van der Waals surface area contributed by atoms with Crippen molar-refractivity contribution in [2.75, 3.05) is 18.0 Å². The van der Waals surface area contributed by atoms with E-state index in [9.17, 15) is 5.21 Å². The normalized spacial score (nSPS) is 15.8. The van der Waals surface area contributed by atoms with Crippen LogP contribution in [-0.2, 0) is 0 Å². The van der Waals surface area contributed by atoms with Crippen LogP contribution < -0.4 is 14.5 Å². The molecular formula is C17H19N5O2. The highest BCUT2D eigenvalue weighted by molar-refractivity contribution is 5.50.